The van der Waals surface area contributed by atoms with Gasteiger partial charge in [0.15, 0.2) is 11.5 Å². The van der Waals surface area contributed by atoms with Gasteiger partial charge in [0.25, 0.3) is 0 Å². The zero-order valence-electron chi connectivity index (χ0n) is 23.6. The van der Waals surface area contributed by atoms with E-state index in [9.17, 15) is 26.8 Å². The van der Waals surface area contributed by atoms with Gasteiger partial charge in [-0.1, -0.05) is 29.4 Å². The van der Waals surface area contributed by atoms with Gasteiger partial charge in [-0.05, 0) is 66.3 Å². The molecule has 2 aromatic carbocycles. The van der Waals surface area contributed by atoms with Gasteiger partial charge in [0, 0.05) is 24.4 Å². The van der Waals surface area contributed by atoms with Crippen molar-refractivity contribution in [2.45, 2.75) is 32.0 Å². The molecule has 44 heavy (non-hydrogen) atoms. The van der Waals surface area contributed by atoms with Crippen molar-refractivity contribution in [3.8, 4) is 17.2 Å². The summed E-state index contributed by atoms with van der Waals surface area (Å²) in [5.74, 6) is -0.645. The molecule has 10 nitrogen and oxygen atoms in total. The first-order valence-electron chi connectivity index (χ1n) is 13.2. The van der Waals surface area contributed by atoms with Crippen molar-refractivity contribution in [1.29, 1.82) is 0 Å². The van der Waals surface area contributed by atoms with Crippen molar-refractivity contribution in [3.05, 3.63) is 76.6 Å². The van der Waals surface area contributed by atoms with Gasteiger partial charge in [-0.3, -0.25) is 19.3 Å². The molecule has 1 fully saturated rings. The Morgan fingerprint density at radius 3 is 2.52 bits per heavy atom. The van der Waals surface area contributed by atoms with Gasteiger partial charge in [0.2, 0.25) is 15.1 Å². The summed E-state index contributed by atoms with van der Waals surface area (Å²) in [4.78, 5) is 29.9. The average molecular weight is 671 g/mol. The first-order chi connectivity index (χ1) is 20.9. The number of nitrogens with zero attached hydrogens (tertiary/aromatic N) is 1. The predicted octanol–water partition coefficient (Wildman–Crippen LogP) is 5.91. The van der Waals surface area contributed by atoms with Crippen LogP contribution in [-0.4, -0.2) is 56.8 Å². The van der Waals surface area contributed by atoms with Gasteiger partial charge >= 0.3 is 12.6 Å². The summed E-state index contributed by atoms with van der Waals surface area (Å²) in [6.45, 7) is -2.73. The van der Waals surface area contributed by atoms with Crippen LogP contribution in [0.2, 0.25) is 5.02 Å². The fourth-order valence-corrected chi connectivity index (χ4v) is 5.40. The van der Waals surface area contributed by atoms with Crippen LogP contribution >= 0.6 is 23.4 Å². The second-order valence-corrected chi connectivity index (χ2v) is 13.0. The van der Waals surface area contributed by atoms with E-state index in [4.69, 9.17) is 25.8 Å². The molecule has 1 N–H and O–H groups in total. The summed E-state index contributed by atoms with van der Waals surface area (Å²) >= 11 is 6.97. The van der Waals surface area contributed by atoms with Crippen molar-refractivity contribution in [2.75, 3.05) is 30.4 Å². The van der Waals surface area contributed by atoms with E-state index >= 15 is 0 Å². The monoisotopic (exact) mass is 670 g/mol. The Morgan fingerprint density at radius 1 is 1.11 bits per heavy atom. The molecule has 1 aromatic heterocycles. The van der Waals surface area contributed by atoms with Crippen LogP contribution in [0.4, 0.5) is 14.5 Å². The summed E-state index contributed by atoms with van der Waals surface area (Å²) in [7, 11) is -2.30. The van der Waals surface area contributed by atoms with E-state index in [0.29, 0.717) is 40.4 Å². The average Bonchev–Trinajstić information content (AvgIpc) is 3.79. The lowest BCUT2D eigenvalue weighted by atomic mass is 10.0. The van der Waals surface area contributed by atoms with Gasteiger partial charge < -0.3 is 18.9 Å². The van der Waals surface area contributed by atoms with Crippen LogP contribution in [0.5, 0.6) is 17.2 Å². The molecule has 236 valence electrons. The largest absolute Gasteiger partial charge is 0.495 e. The second kappa shape index (κ2) is 14.9. The summed E-state index contributed by atoms with van der Waals surface area (Å²) in [5, 5.41) is -0.182. The molecule has 0 unspecified atom stereocenters. The highest BCUT2D eigenvalue weighted by atomic mass is 35.5. The highest BCUT2D eigenvalue weighted by Gasteiger charge is 2.26. The second-order valence-electron chi connectivity index (χ2n) is 9.85. The lowest BCUT2D eigenvalue weighted by Crippen LogP contribution is -2.17. The number of thioether (sulfide) groups is 1. The summed E-state index contributed by atoms with van der Waals surface area (Å²) in [6, 6.07) is 10.1. The van der Waals surface area contributed by atoms with Gasteiger partial charge in [-0.25, -0.2) is 8.42 Å². The fraction of sp³-hybridized carbons (Fsp3) is 0.345. The van der Waals surface area contributed by atoms with E-state index in [0.717, 1.165) is 19.1 Å². The number of nitrogens with one attached hydrogen (secondary N) is 1. The Kier molecular flexibility index (Phi) is 11.3. The van der Waals surface area contributed by atoms with Gasteiger partial charge in [-0.15, -0.1) is 0 Å². The number of benzene rings is 2. The van der Waals surface area contributed by atoms with Crippen LogP contribution in [0.1, 0.15) is 40.4 Å². The quantitative estimate of drug-likeness (QED) is 0.195. The van der Waals surface area contributed by atoms with E-state index in [1.807, 2.05) is 0 Å². The van der Waals surface area contributed by atoms with Gasteiger partial charge in [0.1, 0.15) is 11.9 Å². The number of pyridine rings is 1. The maximum atomic E-state index is 13.0. The van der Waals surface area contributed by atoms with Gasteiger partial charge in [-0.2, -0.15) is 8.78 Å². The molecule has 0 radical (unpaired) electrons. The molecule has 1 saturated carbocycles. The smallest absolute Gasteiger partial charge is 0.387 e. The van der Waals surface area contributed by atoms with Crippen LogP contribution in [0, 0.1) is 5.92 Å². The molecule has 0 aliphatic heterocycles. The van der Waals surface area contributed by atoms with E-state index in [2.05, 4.69) is 14.4 Å². The number of methoxy groups -OCH3 is 1. The minimum absolute atomic E-state index is 0.0669. The van der Waals surface area contributed by atoms with Crippen LogP contribution in [0.3, 0.4) is 0 Å². The number of carbonyl (C=O) groups excluding carboxylic acids is 2. The third-order valence-corrected chi connectivity index (χ3v) is 8.12. The predicted molar refractivity (Wildman–Crippen MR) is 161 cm³/mol. The number of hydrogen-bond acceptors (Lipinski definition) is 10. The molecule has 0 saturated heterocycles. The lowest BCUT2D eigenvalue weighted by molar-refractivity contribution is -0.146. The molecular formula is C29H29ClF2N2O8S2. The van der Waals surface area contributed by atoms with E-state index in [1.54, 1.807) is 6.07 Å². The third kappa shape index (κ3) is 9.96. The number of esters is 1. The Balaban J connectivity index is 1.52. The van der Waals surface area contributed by atoms with Crippen molar-refractivity contribution in [3.63, 3.8) is 0 Å². The van der Waals surface area contributed by atoms with Crippen molar-refractivity contribution in [2.24, 2.45) is 5.92 Å². The van der Waals surface area contributed by atoms with Crippen LogP contribution in [0.25, 0.3) is 0 Å². The number of ether oxygens (including phenoxy) is 4. The molecule has 15 heteroatoms. The molecule has 0 spiro atoms. The summed E-state index contributed by atoms with van der Waals surface area (Å²) in [5.41, 5.74) is 1.24. The number of carbonyl (C=O) groups is 2. The van der Waals surface area contributed by atoms with E-state index < -0.39 is 33.8 Å². The van der Waals surface area contributed by atoms with Crippen LogP contribution in [0.15, 0.2) is 54.9 Å². The molecule has 1 aliphatic rings. The first-order valence-corrected chi connectivity index (χ1v) is 16.5. The summed E-state index contributed by atoms with van der Waals surface area (Å²) in [6.07, 6.45) is 5.07. The minimum atomic E-state index is -3.65. The number of anilines is 1. The van der Waals surface area contributed by atoms with Crippen LogP contribution < -0.4 is 18.9 Å². The first kappa shape index (κ1) is 33.3. The molecular weight excluding hydrogens is 642 g/mol. The molecule has 1 aliphatic carbocycles. The molecule has 1 heterocycles. The Bertz CT molecular complexity index is 1610. The van der Waals surface area contributed by atoms with Crippen molar-refractivity contribution < 1.29 is 45.7 Å². The molecule has 4 rings (SSSR count). The highest BCUT2D eigenvalue weighted by molar-refractivity contribution is 8.14. The molecule has 3 aromatic rings. The maximum Gasteiger partial charge on any atom is 0.387 e. The zero-order valence-corrected chi connectivity index (χ0v) is 26.0. The van der Waals surface area contributed by atoms with Crippen LogP contribution in [-0.2, 0) is 26.0 Å². The SMILES string of the molecule is COc1ccc(C(=O)SCC(=O)O[C@@H](Cc2ccncc2Cl)c2ccc(OC(F)F)c(OCC3CC3)c2)cc1NS(C)(=O)=O. The standard InChI is InChI=1S/C29H29ClF2N2O8S2/c1-39-23-7-6-20(11-22(23)34-44(2,37)38)28(36)43-16-27(35)41-25(12-18-9-10-33-14-21(18)30)19-5-8-24(42-29(31)32)26(13-19)40-15-17-3-4-17/h5-11,13-14,17,25,29,34H,3-4,12,15-16H2,1-2H3/t25-/m0/s1. The Labute approximate surface area is 262 Å². The minimum Gasteiger partial charge on any atom is -0.495 e. The number of alkyl halides is 2. The van der Waals surface area contributed by atoms with E-state index in [-0.39, 0.29) is 40.7 Å². The van der Waals surface area contributed by atoms with Crippen molar-refractivity contribution >= 4 is 50.2 Å². The van der Waals surface area contributed by atoms with Crippen molar-refractivity contribution in [1.82, 2.24) is 4.98 Å². The third-order valence-electron chi connectivity index (χ3n) is 6.31. The number of rotatable bonds is 15. The maximum absolute atomic E-state index is 13.0. The van der Waals surface area contributed by atoms with Gasteiger partial charge in [0.05, 0.1) is 36.4 Å². The number of hydrogen-bond donors (Lipinski definition) is 1. The lowest BCUT2D eigenvalue weighted by Gasteiger charge is -2.21. The fourth-order valence-electron chi connectivity index (χ4n) is 4.03. The van der Waals surface area contributed by atoms with E-state index in [1.165, 1.54) is 55.9 Å². The normalized spacial score (nSPS) is 13.7. The summed E-state index contributed by atoms with van der Waals surface area (Å²) < 4.78 is 73.1. The number of aromatic nitrogens is 1. The molecule has 0 amide bonds. The number of sulfonamides is 1. The molecule has 0 bridgehead atoms. The molecule has 1 atom stereocenters. The number of halogens is 3. The highest BCUT2D eigenvalue weighted by Crippen LogP contribution is 2.37. The topological polar surface area (TPSA) is 130 Å². The zero-order chi connectivity index (χ0) is 31.9. The Morgan fingerprint density at radius 2 is 1.86 bits per heavy atom. The Hall–Kier alpha value is -3.62.